The minimum absolute atomic E-state index is 0.000703. The Morgan fingerprint density at radius 1 is 1.06 bits per heavy atom. The molecule has 0 saturated heterocycles. The molecule has 0 aliphatic carbocycles. The number of rotatable bonds is 3. The summed E-state index contributed by atoms with van der Waals surface area (Å²) in [6.45, 7) is 0.161. The average Bonchev–Trinajstić information content (AvgIpc) is 2.38. The predicted molar refractivity (Wildman–Crippen MR) is 61.8 cm³/mol. The van der Waals surface area contributed by atoms with Crippen molar-refractivity contribution in [2.75, 3.05) is 0 Å². The molecule has 0 aromatic heterocycles. The number of hydrogen-bond acceptors (Lipinski definition) is 2. The number of hydrogen-bond donors (Lipinski definition) is 0. The lowest BCUT2D eigenvalue weighted by atomic mass is 10.2. The van der Waals surface area contributed by atoms with Crippen LogP contribution in [0.25, 0.3) is 0 Å². The maximum Gasteiger partial charge on any atom is 0.167 e. The average molecular weight is 245 g/mol. The fourth-order valence-electron chi connectivity index (χ4n) is 1.43. The fourth-order valence-corrected chi connectivity index (χ4v) is 1.43. The minimum atomic E-state index is -0.733. The van der Waals surface area contributed by atoms with Crippen LogP contribution in [0.15, 0.2) is 42.5 Å². The predicted octanol–water partition coefficient (Wildman–Crippen LogP) is 3.42. The zero-order valence-corrected chi connectivity index (χ0v) is 9.36. The van der Waals surface area contributed by atoms with Crippen LogP contribution in [0, 0.1) is 23.0 Å². The molecule has 0 unspecified atom stereocenters. The van der Waals surface area contributed by atoms with Crippen LogP contribution in [-0.4, -0.2) is 0 Å². The molecule has 0 aliphatic rings. The Balaban J connectivity index is 2.04. The molecule has 0 spiro atoms. The molecule has 90 valence electrons. The number of ether oxygens (including phenoxy) is 1. The third-order valence-electron chi connectivity index (χ3n) is 2.37. The number of benzene rings is 2. The van der Waals surface area contributed by atoms with Gasteiger partial charge in [0.2, 0.25) is 0 Å². The first kappa shape index (κ1) is 12.1. The number of nitriles is 1. The van der Waals surface area contributed by atoms with Crippen LogP contribution in [0.4, 0.5) is 8.78 Å². The van der Waals surface area contributed by atoms with Crippen LogP contribution in [-0.2, 0) is 6.61 Å². The molecule has 0 atom stereocenters. The molecule has 0 heterocycles. The SMILES string of the molecule is N#Cc1ccc(COc2ccc(F)cc2F)cc1. The van der Waals surface area contributed by atoms with Crippen molar-refractivity contribution in [3.05, 3.63) is 65.2 Å². The largest absolute Gasteiger partial charge is 0.486 e. The van der Waals surface area contributed by atoms with Gasteiger partial charge in [0.1, 0.15) is 12.4 Å². The van der Waals surface area contributed by atoms with E-state index >= 15 is 0 Å². The summed E-state index contributed by atoms with van der Waals surface area (Å²) in [6, 6.07) is 11.9. The molecule has 0 radical (unpaired) electrons. The molecule has 0 fully saturated rings. The van der Waals surface area contributed by atoms with Gasteiger partial charge in [0.05, 0.1) is 11.6 Å². The van der Waals surface area contributed by atoms with Crippen molar-refractivity contribution >= 4 is 0 Å². The van der Waals surface area contributed by atoms with Gasteiger partial charge in [-0.05, 0) is 29.8 Å². The van der Waals surface area contributed by atoms with Gasteiger partial charge in [-0.25, -0.2) is 8.78 Å². The minimum Gasteiger partial charge on any atom is -0.486 e. The van der Waals surface area contributed by atoms with Crippen LogP contribution in [0.5, 0.6) is 5.75 Å². The van der Waals surface area contributed by atoms with Gasteiger partial charge in [-0.1, -0.05) is 12.1 Å². The summed E-state index contributed by atoms with van der Waals surface area (Å²) >= 11 is 0. The maximum absolute atomic E-state index is 13.3. The highest BCUT2D eigenvalue weighted by Gasteiger charge is 2.05. The van der Waals surface area contributed by atoms with Crippen molar-refractivity contribution < 1.29 is 13.5 Å². The van der Waals surface area contributed by atoms with Gasteiger partial charge in [0.25, 0.3) is 0 Å². The van der Waals surface area contributed by atoms with Crippen molar-refractivity contribution in [2.45, 2.75) is 6.61 Å². The van der Waals surface area contributed by atoms with Gasteiger partial charge < -0.3 is 4.74 Å². The van der Waals surface area contributed by atoms with Crippen LogP contribution in [0.2, 0.25) is 0 Å². The summed E-state index contributed by atoms with van der Waals surface area (Å²) in [6.07, 6.45) is 0. The Morgan fingerprint density at radius 2 is 1.78 bits per heavy atom. The molecule has 2 rings (SSSR count). The monoisotopic (exact) mass is 245 g/mol. The molecular weight excluding hydrogens is 236 g/mol. The molecule has 0 aliphatic heterocycles. The van der Waals surface area contributed by atoms with E-state index in [9.17, 15) is 8.78 Å². The molecular formula is C14H9F2NO. The second kappa shape index (κ2) is 5.28. The lowest BCUT2D eigenvalue weighted by Crippen LogP contribution is -1.97. The molecule has 2 aromatic rings. The summed E-state index contributed by atoms with van der Waals surface area (Å²) in [5, 5.41) is 8.63. The van der Waals surface area contributed by atoms with Gasteiger partial charge in [-0.15, -0.1) is 0 Å². The normalized spacial score (nSPS) is 9.83. The van der Waals surface area contributed by atoms with E-state index in [0.717, 1.165) is 17.7 Å². The Morgan fingerprint density at radius 3 is 2.39 bits per heavy atom. The summed E-state index contributed by atoms with van der Waals surface area (Å²) in [4.78, 5) is 0. The van der Waals surface area contributed by atoms with E-state index < -0.39 is 11.6 Å². The molecule has 2 aromatic carbocycles. The maximum atomic E-state index is 13.3. The first-order chi connectivity index (χ1) is 8.69. The van der Waals surface area contributed by atoms with E-state index in [1.807, 2.05) is 6.07 Å². The highest BCUT2D eigenvalue weighted by Crippen LogP contribution is 2.19. The smallest absolute Gasteiger partial charge is 0.167 e. The van der Waals surface area contributed by atoms with Gasteiger partial charge in [-0.3, -0.25) is 0 Å². The van der Waals surface area contributed by atoms with Gasteiger partial charge >= 0.3 is 0 Å². The van der Waals surface area contributed by atoms with Crippen LogP contribution in [0.3, 0.4) is 0 Å². The molecule has 0 N–H and O–H groups in total. The number of halogens is 2. The van der Waals surface area contributed by atoms with Crippen molar-refractivity contribution in [3.8, 4) is 11.8 Å². The fraction of sp³-hybridized carbons (Fsp3) is 0.0714. The molecule has 2 nitrogen and oxygen atoms in total. The molecule has 0 saturated carbocycles. The van der Waals surface area contributed by atoms with E-state index in [-0.39, 0.29) is 12.4 Å². The van der Waals surface area contributed by atoms with Gasteiger partial charge in [0, 0.05) is 6.07 Å². The van der Waals surface area contributed by atoms with Crippen molar-refractivity contribution in [2.24, 2.45) is 0 Å². The lowest BCUT2D eigenvalue weighted by Gasteiger charge is -2.07. The Kier molecular flexibility index (Phi) is 3.54. The molecule has 0 amide bonds. The Hall–Kier alpha value is -2.41. The first-order valence-corrected chi connectivity index (χ1v) is 5.26. The summed E-state index contributed by atoms with van der Waals surface area (Å²) in [7, 11) is 0. The molecule has 4 heteroatoms. The van der Waals surface area contributed by atoms with E-state index in [1.165, 1.54) is 6.07 Å². The van der Waals surface area contributed by atoms with E-state index in [0.29, 0.717) is 5.56 Å². The number of nitrogens with zero attached hydrogens (tertiary/aromatic N) is 1. The quantitative estimate of drug-likeness (QED) is 0.830. The van der Waals surface area contributed by atoms with E-state index in [1.54, 1.807) is 24.3 Å². The van der Waals surface area contributed by atoms with Crippen LogP contribution in [0.1, 0.15) is 11.1 Å². The zero-order valence-electron chi connectivity index (χ0n) is 9.36. The van der Waals surface area contributed by atoms with Gasteiger partial charge in [0.15, 0.2) is 11.6 Å². The van der Waals surface area contributed by atoms with Crippen LogP contribution < -0.4 is 4.74 Å². The Labute approximate surface area is 103 Å². The second-order valence-electron chi connectivity index (χ2n) is 3.67. The molecule has 18 heavy (non-hydrogen) atoms. The van der Waals surface area contributed by atoms with Gasteiger partial charge in [-0.2, -0.15) is 5.26 Å². The third kappa shape index (κ3) is 2.83. The summed E-state index contributed by atoms with van der Waals surface area (Å²) < 4.78 is 31.2. The second-order valence-corrected chi connectivity index (χ2v) is 3.67. The summed E-state index contributed by atoms with van der Waals surface area (Å²) in [5.41, 5.74) is 1.35. The Bertz CT molecular complexity index is 588. The van der Waals surface area contributed by atoms with Crippen molar-refractivity contribution in [1.82, 2.24) is 0 Å². The van der Waals surface area contributed by atoms with E-state index in [2.05, 4.69) is 0 Å². The topological polar surface area (TPSA) is 33.0 Å². The zero-order chi connectivity index (χ0) is 13.0. The highest BCUT2D eigenvalue weighted by atomic mass is 19.1. The van der Waals surface area contributed by atoms with E-state index in [4.69, 9.17) is 10.00 Å². The standard InChI is InChI=1S/C14H9F2NO/c15-12-5-6-14(13(16)7-12)18-9-11-3-1-10(8-17)2-4-11/h1-7H,9H2. The summed E-state index contributed by atoms with van der Waals surface area (Å²) in [5.74, 6) is -1.37. The first-order valence-electron chi connectivity index (χ1n) is 5.26. The van der Waals surface area contributed by atoms with Crippen LogP contribution >= 0.6 is 0 Å². The molecule has 0 bridgehead atoms. The van der Waals surface area contributed by atoms with Crippen molar-refractivity contribution in [1.29, 1.82) is 5.26 Å². The van der Waals surface area contributed by atoms with Crippen molar-refractivity contribution in [3.63, 3.8) is 0 Å². The lowest BCUT2D eigenvalue weighted by molar-refractivity contribution is 0.289. The highest BCUT2D eigenvalue weighted by molar-refractivity contribution is 5.32. The third-order valence-corrected chi connectivity index (χ3v) is 2.37.